The zero-order chi connectivity index (χ0) is 18.4. The number of pyridine rings is 1. The molecular weight excluding hydrogens is 453 g/mol. The van der Waals surface area contributed by atoms with Crippen molar-refractivity contribution >= 4 is 35.6 Å². The van der Waals surface area contributed by atoms with Crippen molar-refractivity contribution in [3.8, 4) is 5.75 Å². The van der Waals surface area contributed by atoms with E-state index in [2.05, 4.69) is 44.9 Å². The molecule has 0 saturated heterocycles. The summed E-state index contributed by atoms with van der Waals surface area (Å²) in [7, 11) is 1.75. The zero-order valence-corrected chi connectivity index (χ0v) is 18.2. The molecule has 3 rings (SSSR count). The molecule has 6 nitrogen and oxygen atoms in total. The maximum atomic E-state index is 5.71. The van der Waals surface area contributed by atoms with Gasteiger partial charge in [-0.05, 0) is 38.1 Å². The quantitative estimate of drug-likeness (QED) is 0.247. The van der Waals surface area contributed by atoms with Crippen molar-refractivity contribution in [1.29, 1.82) is 0 Å². The van der Waals surface area contributed by atoms with Gasteiger partial charge in [0.2, 0.25) is 0 Å². The molecule has 0 fully saturated rings. The van der Waals surface area contributed by atoms with Gasteiger partial charge in [-0.3, -0.25) is 4.99 Å². The fourth-order valence-electron chi connectivity index (χ4n) is 2.65. The molecule has 7 heteroatoms. The topological polar surface area (TPSA) is 63.0 Å². The van der Waals surface area contributed by atoms with Crippen LogP contribution in [0.15, 0.2) is 53.7 Å². The normalized spacial score (nSPS) is 11.1. The molecule has 1 aromatic carbocycles. The van der Waals surface area contributed by atoms with Gasteiger partial charge >= 0.3 is 0 Å². The largest absolute Gasteiger partial charge is 0.492 e. The van der Waals surface area contributed by atoms with Crippen LogP contribution in [-0.4, -0.2) is 35.5 Å². The Hall–Kier alpha value is -2.29. The van der Waals surface area contributed by atoms with E-state index in [-0.39, 0.29) is 24.0 Å². The number of ether oxygens (including phenoxy) is 1. The summed E-state index contributed by atoms with van der Waals surface area (Å²) < 4.78 is 7.80. The van der Waals surface area contributed by atoms with Crippen LogP contribution >= 0.6 is 24.0 Å². The summed E-state index contributed by atoms with van der Waals surface area (Å²) in [5.41, 5.74) is 4.31. The number of aliphatic imine (C=N–C) groups is 1. The molecule has 0 unspecified atom stereocenters. The number of nitrogens with zero attached hydrogens (tertiary/aromatic N) is 3. The fraction of sp³-hybridized carbons (Fsp3) is 0.300. The van der Waals surface area contributed by atoms with E-state index in [0.717, 1.165) is 28.7 Å². The second-order valence-corrected chi connectivity index (χ2v) is 6.14. The molecule has 0 aliphatic carbocycles. The van der Waals surface area contributed by atoms with Crippen LogP contribution in [0.25, 0.3) is 5.65 Å². The minimum atomic E-state index is 0. The van der Waals surface area contributed by atoms with Gasteiger partial charge in [0.25, 0.3) is 0 Å². The lowest BCUT2D eigenvalue weighted by atomic mass is 10.2. The first kappa shape index (κ1) is 21.0. The van der Waals surface area contributed by atoms with E-state index in [1.807, 2.05) is 42.6 Å². The predicted molar refractivity (Wildman–Crippen MR) is 120 cm³/mol. The molecule has 2 aromatic heterocycles. The number of rotatable bonds is 6. The molecule has 0 atom stereocenters. The van der Waals surface area contributed by atoms with Gasteiger partial charge in [0.15, 0.2) is 5.96 Å². The summed E-state index contributed by atoms with van der Waals surface area (Å²) in [5.74, 6) is 1.60. The monoisotopic (exact) mass is 479 g/mol. The molecule has 0 amide bonds. The van der Waals surface area contributed by atoms with Crippen molar-refractivity contribution in [2.24, 2.45) is 4.99 Å². The van der Waals surface area contributed by atoms with E-state index >= 15 is 0 Å². The molecule has 3 aromatic rings. The second-order valence-electron chi connectivity index (χ2n) is 6.14. The molecule has 27 heavy (non-hydrogen) atoms. The Morgan fingerprint density at radius 3 is 2.59 bits per heavy atom. The summed E-state index contributed by atoms with van der Waals surface area (Å²) in [6.45, 7) is 5.97. The van der Waals surface area contributed by atoms with E-state index in [4.69, 9.17) is 4.74 Å². The van der Waals surface area contributed by atoms with Gasteiger partial charge in [-0.25, -0.2) is 4.98 Å². The molecule has 0 bridgehead atoms. The highest BCUT2D eigenvalue weighted by Gasteiger charge is 2.04. The van der Waals surface area contributed by atoms with E-state index < -0.39 is 0 Å². The standard InChI is InChI=1S/C20H25N5O.HI/c1-15-7-9-18(10-8-15)26-12-11-22-20(21-3)23-13-17-14-25-16(2)5-4-6-19(25)24-17;/h4-10,14H,11-13H2,1-3H3,(H2,21,22,23);1H. The lowest BCUT2D eigenvalue weighted by Gasteiger charge is -2.11. The third-order valence-corrected chi connectivity index (χ3v) is 4.09. The number of halogens is 1. The predicted octanol–water partition coefficient (Wildman–Crippen LogP) is 3.31. The Bertz CT molecular complexity index is 889. The third kappa shape index (κ3) is 5.85. The van der Waals surface area contributed by atoms with Crippen LogP contribution in [0.3, 0.4) is 0 Å². The number of imidazole rings is 1. The average molecular weight is 479 g/mol. The van der Waals surface area contributed by atoms with Gasteiger partial charge in [0, 0.05) is 18.9 Å². The van der Waals surface area contributed by atoms with Crippen LogP contribution in [-0.2, 0) is 6.54 Å². The molecular formula is C20H26IN5O. The van der Waals surface area contributed by atoms with Crippen LogP contribution < -0.4 is 15.4 Å². The Labute approximate surface area is 177 Å². The van der Waals surface area contributed by atoms with Crippen molar-refractivity contribution in [2.45, 2.75) is 20.4 Å². The van der Waals surface area contributed by atoms with Crippen LogP contribution in [0.5, 0.6) is 5.75 Å². The molecule has 0 radical (unpaired) electrons. The highest BCUT2D eigenvalue weighted by atomic mass is 127. The molecule has 0 spiro atoms. The van der Waals surface area contributed by atoms with Crippen molar-refractivity contribution < 1.29 is 4.74 Å². The van der Waals surface area contributed by atoms with Crippen LogP contribution in [0, 0.1) is 13.8 Å². The fourth-order valence-corrected chi connectivity index (χ4v) is 2.65. The van der Waals surface area contributed by atoms with Gasteiger partial charge in [-0.15, -0.1) is 24.0 Å². The van der Waals surface area contributed by atoms with Gasteiger partial charge in [0.05, 0.1) is 18.8 Å². The van der Waals surface area contributed by atoms with E-state index in [1.54, 1.807) is 7.05 Å². The van der Waals surface area contributed by atoms with E-state index in [0.29, 0.717) is 19.7 Å². The first-order valence-electron chi connectivity index (χ1n) is 8.73. The number of nitrogens with one attached hydrogen (secondary N) is 2. The van der Waals surface area contributed by atoms with Crippen molar-refractivity contribution in [3.05, 3.63) is 65.6 Å². The van der Waals surface area contributed by atoms with Crippen LogP contribution in [0.4, 0.5) is 0 Å². The summed E-state index contributed by atoms with van der Waals surface area (Å²) in [4.78, 5) is 8.85. The van der Waals surface area contributed by atoms with Gasteiger partial charge in [0.1, 0.15) is 18.0 Å². The number of fused-ring (bicyclic) bond motifs is 1. The number of hydrogen-bond acceptors (Lipinski definition) is 3. The van der Waals surface area contributed by atoms with E-state index in [1.165, 1.54) is 5.56 Å². The summed E-state index contributed by atoms with van der Waals surface area (Å²) >= 11 is 0. The molecule has 0 aliphatic heterocycles. The van der Waals surface area contributed by atoms with Gasteiger partial charge in [-0.1, -0.05) is 23.8 Å². The Morgan fingerprint density at radius 2 is 1.89 bits per heavy atom. The summed E-state index contributed by atoms with van der Waals surface area (Å²) in [5, 5.41) is 6.53. The zero-order valence-electron chi connectivity index (χ0n) is 15.9. The SMILES string of the molecule is CN=C(NCCOc1ccc(C)cc1)NCc1cn2c(C)cccc2n1.I. The Kier molecular flexibility index (Phi) is 7.90. The smallest absolute Gasteiger partial charge is 0.191 e. The van der Waals surface area contributed by atoms with Crippen molar-refractivity contribution in [3.63, 3.8) is 0 Å². The highest BCUT2D eigenvalue weighted by Crippen LogP contribution is 2.11. The first-order valence-corrected chi connectivity index (χ1v) is 8.73. The maximum absolute atomic E-state index is 5.71. The third-order valence-electron chi connectivity index (χ3n) is 4.09. The minimum Gasteiger partial charge on any atom is -0.492 e. The average Bonchev–Trinajstić information content (AvgIpc) is 3.07. The lowest BCUT2D eigenvalue weighted by molar-refractivity contribution is 0.322. The maximum Gasteiger partial charge on any atom is 0.191 e. The molecule has 0 aliphatic rings. The Morgan fingerprint density at radius 1 is 1.11 bits per heavy atom. The molecule has 2 heterocycles. The lowest BCUT2D eigenvalue weighted by Crippen LogP contribution is -2.38. The number of guanidine groups is 1. The van der Waals surface area contributed by atoms with Gasteiger partial charge in [-0.2, -0.15) is 0 Å². The summed E-state index contributed by atoms with van der Waals surface area (Å²) in [6, 6.07) is 14.1. The first-order chi connectivity index (χ1) is 12.7. The molecule has 0 saturated carbocycles. The molecule has 2 N–H and O–H groups in total. The number of aryl methyl sites for hydroxylation is 2. The summed E-state index contributed by atoms with van der Waals surface area (Å²) in [6.07, 6.45) is 2.05. The molecule has 144 valence electrons. The van der Waals surface area contributed by atoms with Crippen LogP contribution in [0.1, 0.15) is 17.0 Å². The number of hydrogen-bond donors (Lipinski definition) is 2. The Balaban J connectivity index is 0.00000261. The number of benzene rings is 1. The number of aromatic nitrogens is 2. The minimum absolute atomic E-state index is 0. The van der Waals surface area contributed by atoms with Crippen LogP contribution in [0.2, 0.25) is 0 Å². The highest BCUT2D eigenvalue weighted by molar-refractivity contribution is 14.0. The second kappa shape index (κ2) is 10.1. The van der Waals surface area contributed by atoms with Crippen molar-refractivity contribution in [1.82, 2.24) is 20.0 Å². The van der Waals surface area contributed by atoms with Gasteiger partial charge < -0.3 is 19.8 Å². The van der Waals surface area contributed by atoms with E-state index in [9.17, 15) is 0 Å². The van der Waals surface area contributed by atoms with Crippen molar-refractivity contribution in [2.75, 3.05) is 20.2 Å².